The summed E-state index contributed by atoms with van der Waals surface area (Å²) < 4.78 is 0. The van der Waals surface area contributed by atoms with Crippen LogP contribution in [0.4, 0.5) is 0 Å². The van der Waals surface area contributed by atoms with E-state index in [2.05, 4.69) is 37.4 Å². The van der Waals surface area contributed by atoms with E-state index in [0.717, 1.165) is 6.54 Å². The second-order valence-corrected chi connectivity index (χ2v) is 4.00. The van der Waals surface area contributed by atoms with Crippen molar-refractivity contribution in [2.75, 3.05) is 6.54 Å². The van der Waals surface area contributed by atoms with Gasteiger partial charge in [-0.05, 0) is 36.8 Å². The van der Waals surface area contributed by atoms with Crippen LogP contribution in [0.3, 0.4) is 0 Å². The van der Waals surface area contributed by atoms with Gasteiger partial charge < -0.3 is 5.32 Å². The van der Waals surface area contributed by atoms with Crippen LogP contribution in [0.1, 0.15) is 40.5 Å². The van der Waals surface area contributed by atoms with Crippen LogP contribution < -0.4 is 5.32 Å². The molecule has 0 aromatic rings. The summed E-state index contributed by atoms with van der Waals surface area (Å²) >= 11 is 0. The van der Waals surface area contributed by atoms with Gasteiger partial charge in [-0.25, -0.2) is 0 Å². The van der Waals surface area contributed by atoms with Gasteiger partial charge in [0.2, 0.25) is 0 Å². The molecule has 84 valence electrons. The zero-order valence-electron chi connectivity index (χ0n) is 10.4. The maximum absolute atomic E-state index is 3.49. The first-order valence-corrected chi connectivity index (χ1v) is 6.11. The lowest BCUT2D eigenvalue weighted by Gasteiger charge is -2.20. The highest BCUT2D eigenvalue weighted by molar-refractivity contribution is 5.42. The van der Waals surface area contributed by atoms with Gasteiger partial charge in [-0.15, -0.1) is 0 Å². The Morgan fingerprint density at radius 3 is 2.80 bits per heavy atom. The first-order chi connectivity index (χ1) is 7.27. The van der Waals surface area contributed by atoms with Crippen LogP contribution in [0.2, 0.25) is 0 Å². The van der Waals surface area contributed by atoms with Crippen molar-refractivity contribution in [1.82, 2.24) is 5.32 Å². The average molecular weight is 205 g/mol. The van der Waals surface area contributed by atoms with Crippen molar-refractivity contribution < 1.29 is 0 Å². The molecule has 2 rings (SSSR count). The minimum absolute atomic E-state index is 0.576. The average Bonchev–Trinajstić information content (AvgIpc) is 2.42. The molecule has 0 bridgehead atoms. The fourth-order valence-corrected chi connectivity index (χ4v) is 2.09. The molecule has 1 unspecified atom stereocenters. The summed E-state index contributed by atoms with van der Waals surface area (Å²) in [6.07, 6.45) is 9.41. The quantitative estimate of drug-likeness (QED) is 0.634. The van der Waals surface area contributed by atoms with Crippen molar-refractivity contribution in [1.29, 1.82) is 0 Å². The Kier molecular flexibility index (Phi) is 4.67. The highest BCUT2D eigenvalue weighted by Crippen LogP contribution is 2.25. The SMILES string of the molecule is CC.CC1=CC(C)C=CC2=C1NCCC2. The van der Waals surface area contributed by atoms with E-state index in [9.17, 15) is 0 Å². The molecule has 0 amide bonds. The van der Waals surface area contributed by atoms with Crippen molar-refractivity contribution in [2.24, 2.45) is 5.92 Å². The normalized spacial score (nSPS) is 24.3. The van der Waals surface area contributed by atoms with Crippen LogP contribution in [0.5, 0.6) is 0 Å². The Bertz CT molecular complexity index is 294. The largest absolute Gasteiger partial charge is 0.385 e. The van der Waals surface area contributed by atoms with Crippen LogP contribution in [-0.2, 0) is 0 Å². The summed E-state index contributed by atoms with van der Waals surface area (Å²) in [7, 11) is 0. The Labute approximate surface area is 94.0 Å². The summed E-state index contributed by atoms with van der Waals surface area (Å²) in [6.45, 7) is 9.57. The highest BCUT2D eigenvalue weighted by atomic mass is 14.9. The topological polar surface area (TPSA) is 12.0 Å². The third-order valence-corrected chi connectivity index (χ3v) is 2.75. The maximum Gasteiger partial charge on any atom is 0.0399 e. The zero-order chi connectivity index (χ0) is 11.3. The summed E-state index contributed by atoms with van der Waals surface area (Å²) in [5.41, 5.74) is 4.28. The first-order valence-electron chi connectivity index (χ1n) is 6.11. The molecule has 0 saturated heterocycles. The molecule has 0 aromatic carbocycles. The molecule has 0 fully saturated rings. The number of hydrogen-bond acceptors (Lipinski definition) is 1. The molecule has 0 saturated carbocycles. The summed E-state index contributed by atoms with van der Waals surface area (Å²) in [4.78, 5) is 0. The van der Waals surface area contributed by atoms with Gasteiger partial charge >= 0.3 is 0 Å². The van der Waals surface area contributed by atoms with Crippen molar-refractivity contribution in [2.45, 2.75) is 40.5 Å². The molecule has 1 aliphatic carbocycles. The lowest BCUT2D eigenvalue weighted by atomic mass is 10.0. The Morgan fingerprint density at radius 2 is 2.07 bits per heavy atom. The Balaban J connectivity index is 0.000000531. The highest BCUT2D eigenvalue weighted by Gasteiger charge is 2.13. The van der Waals surface area contributed by atoms with Gasteiger partial charge in [-0.3, -0.25) is 0 Å². The molecule has 1 N–H and O–H groups in total. The monoisotopic (exact) mass is 205 g/mol. The molecule has 0 radical (unpaired) electrons. The number of allylic oxidation sites excluding steroid dienone is 5. The molecule has 1 atom stereocenters. The summed E-state index contributed by atoms with van der Waals surface area (Å²) in [6, 6.07) is 0. The molecule has 1 nitrogen and oxygen atoms in total. The third kappa shape index (κ3) is 2.98. The van der Waals surface area contributed by atoms with Crippen molar-refractivity contribution in [3.8, 4) is 0 Å². The molecule has 1 heterocycles. The van der Waals surface area contributed by atoms with E-state index in [-0.39, 0.29) is 0 Å². The predicted octanol–water partition coefficient (Wildman–Crippen LogP) is 3.80. The van der Waals surface area contributed by atoms with E-state index in [0.29, 0.717) is 5.92 Å². The van der Waals surface area contributed by atoms with Crippen LogP contribution in [-0.4, -0.2) is 6.54 Å². The predicted molar refractivity (Wildman–Crippen MR) is 67.7 cm³/mol. The van der Waals surface area contributed by atoms with Gasteiger partial charge in [0, 0.05) is 12.2 Å². The van der Waals surface area contributed by atoms with E-state index in [1.165, 1.54) is 29.7 Å². The number of nitrogens with one attached hydrogen (secondary N) is 1. The smallest absolute Gasteiger partial charge is 0.0399 e. The molecule has 2 aliphatic rings. The summed E-state index contributed by atoms with van der Waals surface area (Å²) in [5, 5.41) is 3.49. The molecular formula is C14H23N. The van der Waals surface area contributed by atoms with Gasteiger partial charge in [-0.1, -0.05) is 39.0 Å². The zero-order valence-corrected chi connectivity index (χ0v) is 10.4. The minimum Gasteiger partial charge on any atom is -0.385 e. The standard InChI is InChI=1S/C12H17N.C2H6/c1-9-5-6-11-4-3-7-13-12(11)10(2)8-9;1-2/h5-6,8-9,13H,3-4,7H2,1-2H3;1-2H3. The van der Waals surface area contributed by atoms with Crippen molar-refractivity contribution >= 4 is 0 Å². The number of hydrogen-bond donors (Lipinski definition) is 1. The lowest BCUT2D eigenvalue weighted by Crippen LogP contribution is -2.21. The van der Waals surface area contributed by atoms with Crippen LogP contribution in [0.25, 0.3) is 0 Å². The second-order valence-electron chi connectivity index (χ2n) is 4.00. The van der Waals surface area contributed by atoms with E-state index in [1.807, 2.05) is 13.8 Å². The maximum atomic E-state index is 3.49. The first kappa shape index (κ1) is 12.1. The third-order valence-electron chi connectivity index (χ3n) is 2.75. The van der Waals surface area contributed by atoms with Gasteiger partial charge in [0.15, 0.2) is 0 Å². The van der Waals surface area contributed by atoms with E-state index in [4.69, 9.17) is 0 Å². The molecular weight excluding hydrogens is 182 g/mol. The van der Waals surface area contributed by atoms with Crippen molar-refractivity contribution in [3.05, 3.63) is 35.1 Å². The van der Waals surface area contributed by atoms with E-state index < -0.39 is 0 Å². The molecule has 1 aliphatic heterocycles. The molecule has 1 heteroatoms. The minimum atomic E-state index is 0.576. The van der Waals surface area contributed by atoms with E-state index in [1.54, 1.807) is 0 Å². The second kappa shape index (κ2) is 5.79. The Morgan fingerprint density at radius 1 is 1.33 bits per heavy atom. The van der Waals surface area contributed by atoms with Gasteiger partial charge in [-0.2, -0.15) is 0 Å². The Hall–Kier alpha value is -0.980. The van der Waals surface area contributed by atoms with Gasteiger partial charge in [0.25, 0.3) is 0 Å². The van der Waals surface area contributed by atoms with Gasteiger partial charge in [0.1, 0.15) is 0 Å². The molecule has 15 heavy (non-hydrogen) atoms. The van der Waals surface area contributed by atoms with Crippen LogP contribution >= 0.6 is 0 Å². The van der Waals surface area contributed by atoms with Gasteiger partial charge in [0.05, 0.1) is 0 Å². The summed E-state index contributed by atoms with van der Waals surface area (Å²) in [5.74, 6) is 0.576. The molecule has 0 spiro atoms. The van der Waals surface area contributed by atoms with Crippen LogP contribution in [0, 0.1) is 5.92 Å². The van der Waals surface area contributed by atoms with E-state index >= 15 is 0 Å². The lowest BCUT2D eigenvalue weighted by molar-refractivity contribution is 0.678. The van der Waals surface area contributed by atoms with Crippen LogP contribution in [0.15, 0.2) is 35.1 Å². The molecule has 0 aromatic heterocycles. The fourth-order valence-electron chi connectivity index (χ4n) is 2.09. The number of rotatable bonds is 0. The van der Waals surface area contributed by atoms with Crippen molar-refractivity contribution in [3.63, 3.8) is 0 Å². The fraction of sp³-hybridized carbons (Fsp3) is 0.571.